The first kappa shape index (κ1) is 22.1. The molecule has 2 aliphatic heterocycles. The fraction of sp³-hybridized carbons (Fsp3) is 0.591. The smallest absolute Gasteiger partial charge is 0.234 e. The van der Waals surface area contributed by atoms with E-state index in [1.165, 1.54) is 17.3 Å². The van der Waals surface area contributed by atoms with Gasteiger partial charge in [-0.25, -0.2) is 0 Å². The van der Waals surface area contributed by atoms with E-state index < -0.39 is 0 Å². The Kier molecular flexibility index (Phi) is 7.47. The zero-order valence-corrected chi connectivity index (χ0v) is 19.1. The van der Waals surface area contributed by atoms with Gasteiger partial charge in [-0.2, -0.15) is 0 Å². The largest absolute Gasteiger partial charge is 0.378 e. The van der Waals surface area contributed by atoms with Crippen LogP contribution in [-0.2, 0) is 20.8 Å². The normalized spacial score (nSPS) is 19.2. The molecule has 0 saturated carbocycles. The second-order valence-corrected chi connectivity index (χ2v) is 9.19. The molecule has 2 aromatic rings. The van der Waals surface area contributed by atoms with E-state index >= 15 is 0 Å². The second kappa shape index (κ2) is 10.5. The number of anilines is 2. The SMILES string of the molecule is CC(C)c1cccc(NC(=O)CSc2nnc(N3CCOCC3)n2CC2CCCO2)c1. The first-order valence-corrected chi connectivity index (χ1v) is 12.0. The molecular formula is C22H31N5O3S. The maximum Gasteiger partial charge on any atom is 0.234 e. The zero-order chi connectivity index (χ0) is 21.6. The first-order chi connectivity index (χ1) is 15.1. The topological polar surface area (TPSA) is 81.5 Å². The molecule has 1 amide bonds. The minimum Gasteiger partial charge on any atom is -0.378 e. The molecular weight excluding hydrogens is 414 g/mol. The van der Waals surface area contributed by atoms with Crippen molar-refractivity contribution in [1.82, 2.24) is 14.8 Å². The number of rotatable bonds is 8. The number of nitrogens with one attached hydrogen (secondary N) is 1. The van der Waals surface area contributed by atoms with Crippen LogP contribution in [0.15, 0.2) is 29.4 Å². The van der Waals surface area contributed by atoms with E-state index in [-0.39, 0.29) is 17.8 Å². The summed E-state index contributed by atoms with van der Waals surface area (Å²) in [6.45, 7) is 8.76. The monoisotopic (exact) mass is 445 g/mol. The molecule has 2 aliphatic rings. The predicted octanol–water partition coefficient (Wildman–Crippen LogP) is 3.15. The van der Waals surface area contributed by atoms with Crippen molar-refractivity contribution in [2.45, 2.75) is 50.4 Å². The molecule has 1 unspecified atom stereocenters. The Morgan fingerprint density at radius 2 is 2.10 bits per heavy atom. The van der Waals surface area contributed by atoms with Gasteiger partial charge >= 0.3 is 0 Å². The van der Waals surface area contributed by atoms with Crippen LogP contribution in [0.4, 0.5) is 11.6 Å². The molecule has 0 bridgehead atoms. The number of ether oxygens (including phenoxy) is 2. The molecule has 4 rings (SSSR count). The summed E-state index contributed by atoms with van der Waals surface area (Å²) in [5, 5.41) is 12.6. The lowest BCUT2D eigenvalue weighted by Gasteiger charge is -2.28. The maximum absolute atomic E-state index is 12.6. The molecule has 9 heteroatoms. The van der Waals surface area contributed by atoms with Gasteiger partial charge in [-0.1, -0.05) is 37.7 Å². The molecule has 1 N–H and O–H groups in total. The van der Waals surface area contributed by atoms with Gasteiger partial charge in [-0.15, -0.1) is 10.2 Å². The molecule has 1 atom stereocenters. The molecule has 8 nitrogen and oxygen atoms in total. The van der Waals surface area contributed by atoms with Crippen LogP contribution in [0, 0.1) is 0 Å². The summed E-state index contributed by atoms with van der Waals surface area (Å²) in [5.74, 6) is 1.48. The van der Waals surface area contributed by atoms with Crippen molar-refractivity contribution < 1.29 is 14.3 Å². The molecule has 2 saturated heterocycles. The summed E-state index contributed by atoms with van der Waals surface area (Å²) in [6.07, 6.45) is 2.29. The van der Waals surface area contributed by atoms with Crippen LogP contribution >= 0.6 is 11.8 Å². The Labute approximate surface area is 187 Å². The zero-order valence-electron chi connectivity index (χ0n) is 18.2. The average molecular weight is 446 g/mol. The standard InChI is InChI=1S/C22H31N5O3S/c1-16(2)17-5-3-6-18(13-17)23-20(28)15-31-22-25-24-21(26-8-11-29-12-9-26)27(22)14-19-7-4-10-30-19/h3,5-6,13,16,19H,4,7-12,14-15H2,1-2H3,(H,23,28). The lowest BCUT2D eigenvalue weighted by molar-refractivity contribution is -0.113. The van der Waals surface area contributed by atoms with Gasteiger partial charge < -0.3 is 19.7 Å². The van der Waals surface area contributed by atoms with Crippen molar-refractivity contribution >= 4 is 29.3 Å². The van der Waals surface area contributed by atoms with Gasteiger partial charge in [0.25, 0.3) is 0 Å². The molecule has 3 heterocycles. The van der Waals surface area contributed by atoms with Crippen molar-refractivity contribution in [2.75, 3.05) is 48.9 Å². The molecule has 31 heavy (non-hydrogen) atoms. The Morgan fingerprint density at radius 1 is 1.26 bits per heavy atom. The van der Waals surface area contributed by atoms with E-state index in [0.29, 0.717) is 25.7 Å². The van der Waals surface area contributed by atoms with Crippen LogP contribution in [-0.4, -0.2) is 65.4 Å². The molecule has 0 aliphatic carbocycles. The lowest BCUT2D eigenvalue weighted by atomic mass is 10.0. The number of amides is 1. The highest BCUT2D eigenvalue weighted by Gasteiger charge is 2.25. The molecule has 0 spiro atoms. The van der Waals surface area contributed by atoms with E-state index in [4.69, 9.17) is 9.47 Å². The molecule has 1 aromatic heterocycles. The molecule has 2 fully saturated rings. The third-order valence-electron chi connectivity index (χ3n) is 5.57. The Balaban J connectivity index is 1.42. The van der Waals surface area contributed by atoms with Gasteiger partial charge in [-0.05, 0) is 36.5 Å². The quantitative estimate of drug-likeness (QED) is 0.625. The van der Waals surface area contributed by atoms with Crippen LogP contribution in [0.5, 0.6) is 0 Å². The van der Waals surface area contributed by atoms with Crippen molar-refractivity contribution in [3.05, 3.63) is 29.8 Å². The highest BCUT2D eigenvalue weighted by atomic mass is 32.2. The number of carbonyl (C=O) groups excluding carboxylic acids is 1. The summed E-state index contributed by atoms with van der Waals surface area (Å²) in [6, 6.07) is 8.01. The minimum absolute atomic E-state index is 0.0505. The van der Waals surface area contributed by atoms with Gasteiger partial charge in [0.05, 0.1) is 31.6 Å². The number of hydrogen-bond donors (Lipinski definition) is 1. The van der Waals surface area contributed by atoms with Crippen LogP contribution in [0.25, 0.3) is 0 Å². The van der Waals surface area contributed by atoms with E-state index in [0.717, 1.165) is 49.3 Å². The van der Waals surface area contributed by atoms with Crippen molar-refractivity contribution in [2.24, 2.45) is 0 Å². The highest BCUT2D eigenvalue weighted by Crippen LogP contribution is 2.26. The maximum atomic E-state index is 12.6. The third-order valence-corrected chi connectivity index (χ3v) is 6.54. The number of carbonyl (C=O) groups is 1. The fourth-order valence-corrected chi connectivity index (χ4v) is 4.58. The van der Waals surface area contributed by atoms with Crippen LogP contribution in [0.3, 0.4) is 0 Å². The molecule has 1 aromatic carbocycles. The summed E-state index contributed by atoms with van der Waals surface area (Å²) in [5.41, 5.74) is 2.03. The van der Waals surface area contributed by atoms with E-state index in [2.05, 4.69) is 44.9 Å². The summed E-state index contributed by atoms with van der Waals surface area (Å²) >= 11 is 1.42. The summed E-state index contributed by atoms with van der Waals surface area (Å²) < 4.78 is 13.4. The minimum atomic E-state index is -0.0505. The molecule has 0 radical (unpaired) electrons. The highest BCUT2D eigenvalue weighted by molar-refractivity contribution is 7.99. The number of hydrogen-bond acceptors (Lipinski definition) is 7. The Bertz CT molecular complexity index is 876. The number of thioether (sulfide) groups is 1. The van der Waals surface area contributed by atoms with Gasteiger partial charge in [0.15, 0.2) is 5.16 Å². The number of morpholine rings is 1. The number of aromatic nitrogens is 3. The van der Waals surface area contributed by atoms with Crippen molar-refractivity contribution in [3.63, 3.8) is 0 Å². The second-order valence-electron chi connectivity index (χ2n) is 8.24. The first-order valence-electron chi connectivity index (χ1n) is 11.0. The van der Waals surface area contributed by atoms with Crippen molar-refractivity contribution in [3.8, 4) is 0 Å². The lowest BCUT2D eigenvalue weighted by Crippen LogP contribution is -2.38. The van der Waals surface area contributed by atoms with Gasteiger partial charge in [0.1, 0.15) is 0 Å². The van der Waals surface area contributed by atoms with Crippen LogP contribution in [0.1, 0.15) is 38.2 Å². The van der Waals surface area contributed by atoms with Gasteiger partial charge in [0.2, 0.25) is 11.9 Å². The van der Waals surface area contributed by atoms with E-state index in [1.54, 1.807) is 0 Å². The van der Waals surface area contributed by atoms with Crippen LogP contribution < -0.4 is 10.2 Å². The Hall–Kier alpha value is -2.10. The van der Waals surface area contributed by atoms with Gasteiger partial charge in [0, 0.05) is 25.4 Å². The predicted molar refractivity (Wildman–Crippen MR) is 122 cm³/mol. The number of nitrogens with zero attached hydrogens (tertiary/aromatic N) is 4. The number of benzene rings is 1. The van der Waals surface area contributed by atoms with Crippen molar-refractivity contribution in [1.29, 1.82) is 0 Å². The summed E-state index contributed by atoms with van der Waals surface area (Å²) in [7, 11) is 0. The Morgan fingerprint density at radius 3 is 2.84 bits per heavy atom. The van der Waals surface area contributed by atoms with E-state index in [1.807, 2.05) is 18.2 Å². The average Bonchev–Trinajstić information content (AvgIpc) is 3.43. The fourth-order valence-electron chi connectivity index (χ4n) is 3.84. The summed E-state index contributed by atoms with van der Waals surface area (Å²) in [4.78, 5) is 14.8. The molecule has 168 valence electrons. The van der Waals surface area contributed by atoms with Gasteiger partial charge in [-0.3, -0.25) is 9.36 Å². The van der Waals surface area contributed by atoms with E-state index in [9.17, 15) is 4.79 Å². The third kappa shape index (κ3) is 5.78. The van der Waals surface area contributed by atoms with Crippen LogP contribution in [0.2, 0.25) is 0 Å².